The maximum atomic E-state index is 11.6. The van der Waals surface area contributed by atoms with Crippen molar-refractivity contribution >= 4 is 46.8 Å². The number of ketones is 5. The molecule has 0 spiro atoms. The standard InChI is InChI=1S/C14H22.C13H16O2.C11H8O.C10H15NO2.C10H6O2.C10H14.C9H14O.C9H14.C7H12N2O2.2C5H12.5C2H6/c1-5-13-8-7-12(9-11(3)4)10-14(13)6-2;1-4-5-10-7-13(15)11(6-9(2)3)8-12(10)14;1-8-6-7-9-4-2-3-5-10(9)11(8)12;1-6(2)5-11-9(12)7(3)8(4)10(11)13;11-9-5-6-10(12)8-4-2-1-3-7(8)9;1-9(2)8-10-6-4-3-5-7-10;1-8(2)7-9-5-3-4-6-10-9;1-8(2)7-9-5-3-4-6-9;1-5(2)4-9-7(10)11-6(3)8-9;2*1-4-5(2)3;5*1-2/h7-8,10-11H,5-6,9H2,1-4H3;4,7-9H,1,5-6H2,2-3H3;2-7H,1H2;6H,5H2,1-4H3;1-6H;3-7,9H,8H2,1-2H3;4-6,8H,3,7H2,1-2H3;3-5,8H,6-7H2,1-2H3;5H,4H2,1-3H3;2*5H,4H2,1-3H3;5*1-2H3. The molecule has 0 N–H and O–H groups in total. The zero-order chi connectivity index (χ0) is 97.7. The summed E-state index contributed by atoms with van der Waals surface area (Å²) in [7, 11) is 0. The first-order valence-corrected chi connectivity index (χ1v) is 47.3. The first kappa shape index (κ1) is 125. The Morgan fingerprint density at radius 1 is 0.452 bits per heavy atom. The van der Waals surface area contributed by atoms with Crippen LogP contribution in [0.3, 0.4) is 0 Å². The van der Waals surface area contributed by atoms with E-state index in [9.17, 15) is 38.4 Å². The van der Waals surface area contributed by atoms with Gasteiger partial charge in [0.25, 0.3) is 11.8 Å². The summed E-state index contributed by atoms with van der Waals surface area (Å²) in [4.78, 5) is 92.3. The Morgan fingerprint density at radius 3 is 1.30 bits per heavy atom. The molecular formula is C113H175N3O10. The lowest BCUT2D eigenvalue weighted by atomic mass is 9.90. The van der Waals surface area contributed by atoms with Crippen molar-refractivity contribution in [2.45, 2.75) is 326 Å². The highest BCUT2D eigenvalue weighted by molar-refractivity contribution is 6.22. The van der Waals surface area contributed by atoms with Crippen molar-refractivity contribution in [3.8, 4) is 0 Å². The van der Waals surface area contributed by atoms with Crippen LogP contribution in [0.25, 0.3) is 6.08 Å². The third kappa shape index (κ3) is 56.4. The SMILES string of the molecule is C=C1C=Cc2ccccc2C1=O.C=CCC1=CC(=O)C(CC(C)C)=CC1=O.CC.CC.CC.CC.CC.CC(C)CC1=CC=CC1.CC(C)CC1=CCC=CO1.CC(C)Cc1ccccc1.CC1=C(C)C(=O)N(CC(C)C)C1=O.CCC(C)C.CCC(C)C.CCc1ccc(CC(C)C)cc1CC.Cc1nn(CC(C)C)c(=O)o1.O=C1C=CC(=O)c2ccccc21. The van der Waals surface area contributed by atoms with Gasteiger partial charge in [0.2, 0.25) is 5.89 Å². The molecule has 6 aliphatic rings. The van der Waals surface area contributed by atoms with Crippen LogP contribution in [0.15, 0.2) is 232 Å². The number of allylic oxidation sites excluding steroid dienone is 16. The number of carbonyl (C=O) groups is 7. The molecule has 0 bridgehead atoms. The summed E-state index contributed by atoms with van der Waals surface area (Å²) in [6.45, 7) is 81.2. The van der Waals surface area contributed by atoms with Gasteiger partial charge in [-0.2, -0.15) is 4.68 Å². The van der Waals surface area contributed by atoms with Crippen LogP contribution in [0.5, 0.6) is 0 Å². The summed E-state index contributed by atoms with van der Waals surface area (Å²) < 4.78 is 11.3. The van der Waals surface area contributed by atoms with Crippen LogP contribution < -0.4 is 5.76 Å². The molecule has 0 atom stereocenters. The van der Waals surface area contributed by atoms with E-state index in [0.717, 1.165) is 72.2 Å². The van der Waals surface area contributed by atoms with E-state index >= 15 is 0 Å². The van der Waals surface area contributed by atoms with Crippen LogP contribution in [0, 0.1) is 60.2 Å². The third-order valence-electron chi connectivity index (χ3n) is 18.3. The predicted octanol–water partition coefficient (Wildman–Crippen LogP) is 30.7. The Hall–Kier alpha value is -9.75. The number of benzene rings is 4. The summed E-state index contributed by atoms with van der Waals surface area (Å²) in [6, 6.07) is 32.0. The van der Waals surface area contributed by atoms with Gasteiger partial charge in [0.1, 0.15) is 0 Å². The summed E-state index contributed by atoms with van der Waals surface area (Å²) in [6.07, 6.45) is 36.4. The van der Waals surface area contributed by atoms with Gasteiger partial charge in [-0.25, -0.2) is 4.79 Å². The van der Waals surface area contributed by atoms with Gasteiger partial charge in [0.05, 0.1) is 18.6 Å². The molecule has 13 heteroatoms. The largest absolute Gasteiger partial charge is 0.470 e. The van der Waals surface area contributed by atoms with Crippen LogP contribution in [0.4, 0.5) is 0 Å². The molecule has 126 heavy (non-hydrogen) atoms. The molecule has 2 aliphatic heterocycles. The molecule has 0 unspecified atom stereocenters. The molecule has 0 radical (unpaired) electrons. The Labute approximate surface area is 768 Å². The highest BCUT2D eigenvalue weighted by Crippen LogP contribution is 2.25. The van der Waals surface area contributed by atoms with Crippen LogP contribution in [-0.2, 0) is 56.1 Å². The van der Waals surface area contributed by atoms with E-state index < -0.39 is 0 Å². The normalized spacial score (nSPS) is 13.2. The van der Waals surface area contributed by atoms with Crippen molar-refractivity contribution in [3.63, 3.8) is 0 Å². The van der Waals surface area contributed by atoms with Crippen LogP contribution in [-0.4, -0.2) is 62.0 Å². The van der Waals surface area contributed by atoms with Crippen molar-refractivity contribution in [1.29, 1.82) is 0 Å². The molecule has 0 saturated carbocycles. The summed E-state index contributed by atoms with van der Waals surface area (Å²) in [5.41, 5.74) is 13.2. The number of carbonyl (C=O) groups excluding carboxylic acids is 7. The quantitative estimate of drug-likeness (QED) is 0.0313. The number of fused-ring (bicyclic) bond motifs is 2. The zero-order valence-corrected chi connectivity index (χ0v) is 85.7. The molecule has 1 aromatic heterocycles. The second kappa shape index (κ2) is 75.4. The smallest absolute Gasteiger partial charge is 0.437 e. The fourth-order valence-electron chi connectivity index (χ4n) is 11.5. The van der Waals surface area contributed by atoms with Crippen LogP contribution in [0.2, 0.25) is 0 Å². The minimum Gasteiger partial charge on any atom is -0.470 e. The number of Topliss-reactive ketones (excluding diaryl/α,β-unsaturated/α-hetero) is 1. The Balaban J connectivity index is -0.000000425. The Morgan fingerprint density at radius 2 is 0.897 bits per heavy atom. The van der Waals surface area contributed by atoms with Crippen molar-refractivity contribution in [1.82, 2.24) is 14.7 Å². The van der Waals surface area contributed by atoms with Crippen molar-refractivity contribution in [3.05, 3.63) is 283 Å². The lowest BCUT2D eigenvalue weighted by Crippen LogP contribution is -2.34. The van der Waals surface area contributed by atoms with E-state index in [1.807, 2.05) is 147 Å². The molecule has 13 nitrogen and oxygen atoms in total. The molecule has 4 aliphatic carbocycles. The molecule has 0 saturated heterocycles. The van der Waals surface area contributed by atoms with Crippen molar-refractivity contribution < 1.29 is 42.7 Å². The maximum absolute atomic E-state index is 11.6. The van der Waals surface area contributed by atoms with E-state index in [4.69, 9.17) is 9.15 Å². The minimum atomic E-state index is -0.365. The van der Waals surface area contributed by atoms with Crippen LogP contribution in [0.1, 0.15) is 352 Å². The molecule has 5 aromatic rings. The van der Waals surface area contributed by atoms with Gasteiger partial charge >= 0.3 is 5.76 Å². The highest BCUT2D eigenvalue weighted by atomic mass is 16.5. The summed E-state index contributed by atoms with van der Waals surface area (Å²) in [5.74, 6) is 6.63. The fraction of sp³-hybridized carbons (Fsp3) is 0.513. The number of hydrogen-bond donors (Lipinski definition) is 0. The van der Waals surface area contributed by atoms with Crippen molar-refractivity contribution in [2.75, 3.05) is 6.54 Å². The molecular weight excluding hydrogens is 1560 g/mol. The first-order chi connectivity index (χ1) is 59.7. The van der Waals surface area contributed by atoms with Gasteiger partial charge in [-0.15, -0.1) is 11.7 Å². The summed E-state index contributed by atoms with van der Waals surface area (Å²) in [5, 5.41) is 3.89. The van der Waals surface area contributed by atoms with Gasteiger partial charge in [0.15, 0.2) is 28.9 Å². The lowest BCUT2D eigenvalue weighted by Gasteiger charge is -2.16. The number of rotatable bonds is 20. The topological polar surface area (TPSA) is 180 Å². The Bertz CT molecular complexity index is 4190. The fourth-order valence-corrected chi connectivity index (χ4v) is 11.5. The van der Waals surface area contributed by atoms with E-state index in [0.29, 0.717) is 94.5 Å². The maximum Gasteiger partial charge on any atom is 0.437 e. The van der Waals surface area contributed by atoms with Crippen LogP contribution >= 0.6 is 0 Å². The summed E-state index contributed by atoms with van der Waals surface area (Å²) >= 11 is 0. The number of hydrogen-bond acceptors (Lipinski definition) is 11. The van der Waals surface area contributed by atoms with E-state index in [2.05, 4.69) is 202 Å². The van der Waals surface area contributed by atoms with E-state index in [1.165, 1.54) is 94.7 Å². The molecule has 3 heterocycles. The highest BCUT2D eigenvalue weighted by Gasteiger charge is 2.33. The minimum absolute atomic E-state index is 0.0276. The molecule has 11 rings (SSSR count). The van der Waals surface area contributed by atoms with Gasteiger partial charge in [0, 0.05) is 64.4 Å². The third-order valence-corrected chi connectivity index (χ3v) is 18.3. The number of ether oxygens (including phenoxy) is 1. The van der Waals surface area contributed by atoms with E-state index in [-0.39, 0.29) is 46.5 Å². The molecule has 4 aromatic carbocycles. The predicted molar refractivity (Wildman–Crippen MR) is 543 cm³/mol. The molecule has 2 amide bonds. The second-order valence-corrected chi connectivity index (χ2v) is 33.5. The number of aryl methyl sites for hydroxylation is 3. The average molecular weight is 1740 g/mol. The zero-order valence-electron chi connectivity index (χ0n) is 85.7. The number of aromatic nitrogens is 2. The number of amides is 2. The van der Waals surface area contributed by atoms with Gasteiger partial charge in [-0.3, -0.25) is 38.5 Å². The van der Waals surface area contributed by atoms with E-state index in [1.54, 1.807) is 69.0 Å². The average Bonchev–Trinajstić information content (AvgIpc) is 1.71. The Kier molecular flexibility index (Phi) is 74.7. The van der Waals surface area contributed by atoms with Gasteiger partial charge in [-0.1, -0.05) is 380 Å². The monoisotopic (exact) mass is 1730 g/mol. The lowest BCUT2D eigenvalue weighted by molar-refractivity contribution is -0.138. The molecule has 0 fully saturated rings. The van der Waals surface area contributed by atoms with Gasteiger partial charge < -0.3 is 9.15 Å². The number of imide groups is 1. The second-order valence-electron chi connectivity index (χ2n) is 33.5. The molecule has 702 valence electrons. The number of nitrogens with zero attached hydrogens (tertiary/aromatic N) is 3. The van der Waals surface area contributed by atoms with Crippen molar-refractivity contribution in [2.24, 2.45) is 53.3 Å². The van der Waals surface area contributed by atoms with Gasteiger partial charge in [-0.05, 0) is 189 Å². The first-order valence-electron chi connectivity index (χ1n) is 47.3.